The van der Waals surface area contributed by atoms with Crippen LogP contribution in [0, 0.1) is 5.92 Å². The molecular weight excluding hydrogens is 308 g/mol. The summed E-state index contributed by atoms with van der Waals surface area (Å²) in [6.45, 7) is 0. The molecule has 0 radical (unpaired) electrons. The fraction of sp³-hybridized carbons (Fsp3) is 0.556. The van der Waals surface area contributed by atoms with Gasteiger partial charge in [-0.2, -0.15) is 0 Å². The molecule has 1 aromatic rings. The maximum absolute atomic E-state index is 12.3. The average molecular weight is 332 g/mol. The number of carbonyl (C=O) groups is 2. The zero-order valence-corrected chi connectivity index (χ0v) is 13.9. The van der Waals surface area contributed by atoms with Crippen molar-refractivity contribution in [2.24, 2.45) is 5.92 Å². The van der Waals surface area contributed by atoms with Gasteiger partial charge in [0.25, 0.3) is 0 Å². The Labute approximate surface area is 141 Å². The highest BCUT2D eigenvalue weighted by Gasteiger charge is 2.29. The van der Waals surface area contributed by atoms with Gasteiger partial charge in [-0.15, -0.1) is 0 Å². The summed E-state index contributed by atoms with van der Waals surface area (Å²) in [5.74, 6) is -0.112. The van der Waals surface area contributed by atoms with Crippen molar-refractivity contribution in [2.45, 2.75) is 50.6 Å². The van der Waals surface area contributed by atoms with E-state index in [1.54, 1.807) is 7.11 Å². The Kier molecular flexibility index (Phi) is 4.92. The molecule has 0 bridgehead atoms. The number of urea groups is 1. The van der Waals surface area contributed by atoms with E-state index in [1.807, 2.05) is 18.2 Å². The summed E-state index contributed by atoms with van der Waals surface area (Å²) >= 11 is 0. The van der Waals surface area contributed by atoms with Crippen LogP contribution in [0.5, 0.6) is 5.75 Å². The van der Waals surface area contributed by atoms with Crippen molar-refractivity contribution in [3.8, 4) is 5.75 Å². The first kappa shape index (κ1) is 16.6. The van der Waals surface area contributed by atoms with Gasteiger partial charge in [-0.3, -0.25) is 4.79 Å². The van der Waals surface area contributed by atoms with Gasteiger partial charge >= 0.3 is 12.0 Å². The molecule has 2 aliphatic rings. The second-order valence-corrected chi connectivity index (χ2v) is 6.62. The van der Waals surface area contributed by atoms with Crippen LogP contribution >= 0.6 is 0 Å². The Balaban J connectivity index is 1.53. The molecule has 3 N–H and O–H groups in total. The predicted molar refractivity (Wildman–Crippen MR) is 89.1 cm³/mol. The van der Waals surface area contributed by atoms with Gasteiger partial charge in [0.05, 0.1) is 19.1 Å². The molecule has 130 valence electrons. The zero-order chi connectivity index (χ0) is 17.1. The summed E-state index contributed by atoms with van der Waals surface area (Å²) in [4.78, 5) is 23.2. The van der Waals surface area contributed by atoms with Crippen LogP contribution in [0.15, 0.2) is 18.2 Å². The summed E-state index contributed by atoms with van der Waals surface area (Å²) in [6, 6.07) is 5.82. The number of fused-ring (bicyclic) bond motifs is 1. The molecule has 1 saturated carbocycles. The van der Waals surface area contributed by atoms with E-state index in [0.29, 0.717) is 12.8 Å². The molecule has 1 unspecified atom stereocenters. The van der Waals surface area contributed by atoms with E-state index < -0.39 is 5.97 Å². The normalized spacial score (nSPS) is 25.6. The van der Waals surface area contributed by atoms with E-state index >= 15 is 0 Å². The highest BCUT2D eigenvalue weighted by atomic mass is 16.5. The Hall–Kier alpha value is -2.24. The summed E-state index contributed by atoms with van der Waals surface area (Å²) in [5.41, 5.74) is 2.30. The third kappa shape index (κ3) is 3.47. The topological polar surface area (TPSA) is 87.7 Å². The molecule has 2 aliphatic carbocycles. The molecule has 1 aromatic carbocycles. The Bertz CT molecular complexity index is 623. The average Bonchev–Trinajstić information content (AvgIpc) is 2.98. The molecule has 3 rings (SSSR count). The lowest BCUT2D eigenvalue weighted by molar-refractivity contribution is -0.142. The van der Waals surface area contributed by atoms with Gasteiger partial charge in [-0.25, -0.2) is 4.79 Å². The maximum atomic E-state index is 12.3. The van der Waals surface area contributed by atoms with Gasteiger partial charge in [0.2, 0.25) is 0 Å². The molecule has 6 nitrogen and oxygen atoms in total. The Morgan fingerprint density at radius 2 is 1.88 bits per heavy atom. The number of carbonyl (C=O) groups excluding carboxylic acids is 1. The number of hydrogen-bond donors (Lipinski definition) is 3. The molecule has 2 amide bonds. The van der Waals surface area contributed by atoms with Crippen LogP contribution in [-0.2, 0) is 11.2 Å². The number of carboxylic acids is 1. The van der Waals surface area contributed by atoms with Gasteiger partial charge in [0, 0.05) is 6.04 Å². The molecule has 1 atom stereocenters. The molecule has 0 aromatic heterocycles. The largest absolute Gasteiger partial charge is 0.496 e. The van der Waals surface area contributed by atoms with Gasteiger partial charge in [-0.05, 0) is 55.7 Å². The Morgan fingerprint density at radius 1 is 1.12 bits per heavy atom. The standard InChI is InChI=1S/C18H24N2O4/c1-24-16-4-2-3-13-14(16)9-10-15(13)20-18(23)19-12-7-5-11(6-8-12)17(21)22/h2-4,11-12,15H,5-10H2,1H3,(H,21,22)(H2,19,20,23). The van der Waals surface area contributed by atoms with E-state index in [4.69, 9.17) is 9.84 Å². The van der Waals surface area contributed by atoms with Crippen molar-refractivity contribution in [3.05, 3.63) is 29.3 Å². The van der Waals surface area contributed by atoms with Gasteiger partial charge < -0.3 is 20.5 Å². The Morgan fingerprint density at radius 3 is 2.54 bits per heavy atom. The third-order valence-corrected chi connectivity index (χ3v) is 5.16. The van der Waals surface area contributed by atoms with Crippen molar-refractivity contribution in [1.82, 2.24) is 10.6 Å². The van der Waals surface area contributed by atoms with E-state index in [9.17, 15) is 9.59 Å². The number of rotatable bonds is 4. The molecule has 24 heavy (non-hydrogen) atoms. The van der Waals surface area contributed by atoms with Crippen LogP contribution in [0.2, 0.25) is 0 Å². The minimum atomic E-state index is -0.727. The lowest BCUT2D eigenvalue weighted by Gasteiger charge is -2.27. The van der Waals surface area contributed by atoms with Crippen LogP contribution in [0.3, 0.4) is 0 Å². The fourth-order valence-electron chi connectivity index (χ4n) is 3.83. The van der Waals surface area contributed by atoms with Crippen LogP contribution in [0.1, 0.15) is 49.3 Å². The van der Waals surface area contributed by atoms with Crippen LogP contribution in [-0.4, -0.2) is 30.3 Å². The number of benzene rings is 1. The van der Waals surface area contributed by atoms with Crippen molar-refractivity contribution in [1.29, 1.82) is 0 Å². The minimum absolute atomic E-state index is 0.00505. The fourth-order valence-corrected chi connectivity index (χ4v) is 3.83. The smallest absolute Gasteiger partial charge is 0.315 e. The first-order valence-electron chi connectivity index (χ1n) is 8.54. The number of ether oxygens (including phenoxy) is 1. The van der Waals surface area contributed by atoms with E-state index in [2.05, 4.69) is 10.6 Å². The highest BCUT2D eigenvalue weighted by molar-refractivity contribution is 5.75. The maximum Gasteiger partial charge on any atom is 0.315 e. The van der Waals surface area contributed by atoms with Gasteiger partial charge in [0.15, 0.2) is 0 Å². The molecule has 0 spiro atoms. The van der Waals surface area contributed by atoms with Gasteiger partial charge in [0.1, 0.15) is 5.75 Å². The minimum Gasteiger partial charge on any atom is -0.496 e. The number of nitrogens with one attached hydrogen (secondary N) is 2. The van der Waals surface area contributed by atoms with Crippen LogP contribution in [0.25, 0.3) is 0 Å². The first-order valence-corrected chi connectivity index (χ1v) is 8.54. The summed E-state index contributed by atoms with van der Waals surface area (Å²) in [5, 5.41) is 15.1. The van der Waals surface area contributed by atoms with Gasteiger partial charge in [-0.1, -0.05) is 12.1 Å². The third-order valence-electron chi connectivity index (χ3n) is 5.16. The number of methoxy groups -OCH3 is 1. The summed E-state index contributed by atoms with van der Waals surface area (Å²) < 4.78 is 5.38. The van der Waals surface area contributed by atoms with Crippen LogP contribution < -0.4 is 15.4 Å². The SMILES string of the molecule is COc1cccc2c1CCC2NC(=O)NC1CCC(C(=O)O)CC1. The first-order chi connectivity index (χ1) is 11.6. The quantitative estimate of drug-likeness (QED) is 0.791. The van der Waals surface area contributed by atoms with Crippen molar-refractivity contribution in [2.75, 3.05) is 7.11 Å². The number of aliphatic carboxylic acids is 1. The monoisotopic (exact) mass is 332 g/mol. The van der Waals surface area contributed by atoms with E-state index in [0.717, 1.165) is 37.0 Å². The number of amides is 2. The molecular formula is C18H24N2O4. The van der Waals surface area contributed by atoms with Crippen molar-refractivity contribution < 1.29 is 19.4 Å². The number of hydrogen-bond acceptors (Lipinski definition) is 3. The molecule has 6 heteroatoms. The zero-order valence-electron chi connectivity index (χ0n) is 13.9. The lowest BCUT2D eigenvalue weighted by atomic mass is 9.86. The molecule has 0 saturated heterocycles. The van der Waals surface area contributed by atoms with Crippen molar-refractivity contribution >= 4 is 12.0 Å². The molecule has 0 aliphatic heterocycles. The summed E-state index contributed by atoms with van der Waals surface area (Å²) in [7, 11) is 1.66. The highest BCUT2D eigenvalue weighted by Crippen LogP contribution is 2.36. The second kappa shape index (κ2) is 7.11. The number of carboxylic acid groups (broad SMARTS) is 1. The molecule has 1 fully saturated rings. The van der Waals surface area contributed by atoms with Crippen LogP contribution in [0.4, 0.5) is 4.79 Å². The lowest BCUT2D eigenvalue weighted by Crippen LogP contribution is -2.45. The summed E-state index contributed by atoms with van der Waals surface area (Å²) in [6.07, 6.45) is 4.47. The second-order valence-electron chi connectivity index (χ2n) is 6.62. The van der Waals surface area contributed by atoms with Crippen molar-refractivity contribution in [3.63, 3.8) is 0 Å². The van der Waals surface area contributed by atoms with E-state index in [-0.39, 0.29) is 24.0 Å². The predicted octanol–water partition coefficient (Wildman–Crippen LogP) is 2.63. The van der Waals surface area contributed by atoms with E-state index in [1.165, 1.54) is 5.56 Å². The molecule has 0 heterocycles.